The van der Waals surface area contributed by atoms with Crippen molar-refractivity contribution in [3.8, 4) is 0 Å². The maximum absolute atomic E-state index is 12.1. The number of nitrogens with one attached hydrogen (secondary N) is 3. The molecule has 25 heavy (non-hydrogen) atoms. The Morgan fingerprint density at radius 3 is 1.92 bits per heavy atom. The standard InChI is InChI=1S/C13H24N4O8/c1-5(19)9(14)12(24)16-7(4-18)11(23)17-10(6(2)20)13(25)15-3-8(21)22/h5-7,9-10,18-20H,3-4,14H2,1-2H3,(H,15,25)(H,16,24)(H,17,23)(H,21,22). The number of hydrogen-bond donors (Lipinski definition) is 8. The van der Waals surface area contributed by atoms with Crippen molar-refractivity contribution in [1.29, 1.82) is 0 Å². The Kier molecular flexibility index (Phi) is 9.59. The quantitative estimate of drug-likeness (QED) is 0.187. The van der Waals surface area contributed by atoms with Gasteiger partial charge in [0.05, 0.1) is 18.8 Å². The lowest BCUT2D eigenvalue weighted by Crippen LogP contribution is -2.60. The second-order valence-corrected chi connectivity index (χ2v) is 5.35. The van der Waals surface area contributed by atoms with Gasteiger partial charge in [-0.25, -0.2) is 0 Å². The molecule has 0 fully saturated rings. The van der Waals surface area contributed by atoms with Gasteiger partial charge >= 0.3 is 5.97 Å². The molecule has 0 aliphatic carbocycles. The third-order valence-corrected chi connectivity index (χ3v) is 3.11. The van der Waals surface area contributed by atoms with E-state index in [9.17, 15) is 34.5 Å². The Bertz CT molecular complexity index is 496. The van der Waals surface area contributed by atoms with Crippen LogP contribution in [0.4, 0.5) is 0 Å². The van der Waals surface area contributed by atoms with Crippen LogP contribution in [0.15, 0.2) is 0 Å². The molecule has 0 radical (unpaired) electrons. The molecule has 0 bridgehead atoms. The summed E-state index contributed by atoms with van der Waals surface area (Å²) in [7, 11) is 0. The maximum Gasteiger partial charge on any atom is 0.322 e. The molecule has 0 aliphatic heterocycles. The van der Waals surface area contributed by atoms with Crippen LogP contribution in [0.5, 0.6) is 0 Å². The lowest BCUT2D eigenvalue weighted by Gasteiger charge is -2.24. The van der Waals surface area contributed by atoms with Crippen LogP contribution in [-0.2, 0) is 19.2 Å². The molecule has 12 nitrogen and oxygen atoms in total. The Balaban J connectivity index is 4.92. The largest absolute Gasteiger partial charge is 0.480 e. The second-order valence-electron chi connectivity index (χ2n) is 5.35. The Hall–Kier alpha value is -2.28. The fraction of sp³-hybridized carbons (Fsp3) is 0.692. The van der Waals surface area contributed by atoms with Crippen LogP contribution < -0.4 is 21.7 Å². The molecule has 3 amide bonds. The van der Waals surface area contributed by atoms with E-state index in [1.165, 1.54) is 13.8 Å². The van der Waals surface area contributed by atoms with E-state index in [1.54, 1.807) is 0 Å². The fourth-order valence-corrected chi connectivity index (χ4v) is 1.61. The number of carboxylic acid groups (broad SMARTS) is 1. The van der Waals surface area contributed by atoms with E-state index < -0.39 is 67.2 Å². The number of carbonyl (C=O) groups is 4. The van der Waals surface area contributed by atoms with Crippen molar-refractivity contribution in [2.24, 2.45) is 5.73 Å². The molecule has 0 aliphatic rings. The molecule has 12 heteroatoms. The van der Waals surface area contributed by atoms with Crippen LogP contribution in [-0.4, -0.2) is 87.6 Å². The van der Waals surface area contributed by atoms with Gasteiger partial charge in [-0.05, 0) is 13.8 Å². The second kappa shape index (κ2) is 10.6. The van der Waals surface area contributed by atoms with Crippen LogP contribution in [0, 0.1) is 0 Å². The number of nitrogens with two attached hydrogens (primary N) is 1. The number of carboxylic acids is 1. The molecule has 0 aromatic carbocycles. The van der Waals surface area contributed by atoms with Gasteiger partial charge in [-0.3, -0.25) is 19.2 Å². The first-order chi connectivity index (χ1) is 11.5. The molecule has 0 rings (SSSR count). The summed E-state index contributed by atoms with van der Waals surface area (Å²) in [5.41, 5.74) is 5.39. The van der Waals surface area contributed by atoms with Crippen LogP contribution in [0.3, 0.4) is 0 Å². The highest BCUT2D eigenvalue weighted by Crippen LogP contribution is 1.97. The molecule has 0 aromatic heterocycles. The van der Waals surface area contributed by atoms with Gasteiger partial charge in [-0.1, -0.05) is 0 Å². The predicted molar refractivity (Wildman–Crippen MR) is 82.9 cm³/mol. The van der Waals surface area contributed by atoms with Crippen molar-refractivity contribution in [3.63, 3.8) is 0 Å². The van der Waals surface area contributed by atoms with Gasteiger partial charge in [0.1, 0.15) is 24.7 Å². The van der Waals surface area contributed by atoms with E-state index in [4.69, 9.17) is 10.8 Å². The number of aliphatic hydroxyl groups is 3. The third-order valence-electron chi connectivity index (χ3n) is 3.11. The molecule has 144 valence electrons. The van der Waals surface area contributed by atoms with Crippen molar-refractivity contribution >= 4 is 23.7 Å². The van der Waals surface area contributed by atoms with Crippen LogP contribution in [0.1, 0.15) is 13.8 Å². The van der Waals surface area contributed by atoms with E-state index in [0.717, 1.165) is 0 Å². The van der Waals surface area contributed by atoms with Gasteiger partial charge < -0.3 is 42.1 Å². The summed E-state index contributed by atoms with van der Waals surface area (Å²) in [4.78, 5) is 46.0. The fourth-order valence-electron chi connectivity index (χ4n) is 1.61. The van der Waals surface area contributed by atoms with Gasteiger partial charge in [0.2, 0.25) is 17.7 Å². The molecule has 0 saturated heterocycles. The van der Waals surface area contributed by atoms with Crippen molar-refractivity contribution in [2.45, 2.75) is 44.2 Å². The smallest absolute Gasteiger partial charge is 0.322 e. The molecular weight excluding hydrogens is 340 g/mol. The highest BCUT2D eigenvalue weighted by Gasteiger charge is 2.31. The van der Waals surface area contributed by atoms with Crippen molar-refractivity contribution in [2.75, 3.05) is 13.2 Å². The summed E-state index contributed by atoms with van der Waals surface area (Å²) in [5, 5.41) is 42.7. The first kappa shape index (κ1) is 22.7. The summed E-state index contributed by atoms with van der Waals surface area (Å²) in [5.74, 6) is -4.20. The Morgan fingerprint density at radius 1 is 0.960 bits per heavy atom. The number of amides is 3. The SMILES string of the molecule is CC(O)C(N)C(=O)NC(CO)C(=O)NC(C(=O)NCC(=O)O)C(C)O. The Morgan fingerprint density at radius 2 is 1.52 bits per heavy atom. The summed E-state index contributed by atoms with van der Waals surface area (Å²) in [6, 6.07) is -4.35. The lowest BCUT2D eigenvalue weighted by atomic mass is 10.1. The highest BCUT2D eigenvalue weighted by atomic mass is 16.4. The predicted octanol–water partition coefficient (Wildman–Crippen LogP) is -4.76. The van der Waals surface area contributed by atoms with E-state index >= 15 is 0 Å². The van der Waals surface area contributed by atoms with Crippen LogP contribution >= 0.6 is 0 Å². The Labute approximate surface area is 143 Å². The monoisotopic (exact) mass is 364 g/mol. The summed E-state index contributed by atoms with van der Waals surface area (Å²) in [6.45, 7) is 0.879. The average Bonchev–Trinajstić information content (AvgIpc) is 2.53. The van der Waals surface area contributed by atoms with Crippen molar-refractivity contribution in [3.05, 3.63) is 0 Å². The number of rotatable bonds is 10. The minimum Gasteiger partial charge on any atom is -0.480 e. The normalized spacial score (nSPS) is 16.7. The molecule has 9 N–H and O–H groups in total. The van der Waals surface area contributed by atoms with Crippen LogP contribution in [0.25, 0.3) is 0 Å². The topological polar surface area (TPSA) is 211 Å². The average molecular weight is 364 g/mol. The first-order valence-electron chi connectivity index (χ1n) is 7.34. The van der Waals surface area contributed by atoms with Gasteiger partial charge in [-0.15, -0.1) is 0 Å². The summed E-state index contributed by atoms with van der Waals surface area (Å²) < 4.78 is 0. The molecule has 5 unspecified atom stereocenters. The van der Waals surface area contributed by atoms with Crippen LogP contribution in [0.2, 0.25) is 0 Å². The number of aliphatic hydroxyl groups excluding tert-OH is 3. The molecule has 0 saturated carbocycles. The minimum atomic E-state index is -1.51. The first-order valence-corrected chi connectivity index (χ1v) is 7.34. The minimum absolute atomic E-state index is 0.721. The number of hydrogen-bond acceptors (Lipinski definition) is 8. The zero-order valence-electron chi connectivity index (χ0n) is 13.8. The molecule has 0 spiro atoms. The van der Waals surface area contributed by atoms with Gasteiger partial charge in [0.15, 0.2) is 0 Å². The van der Waals surface area contributed by atoms with E-state index in [-0.39, 0.29) is 0 Å². The van der Waals surface area contributed by atoms with Gasteiger partial charge in [0, 0.05) is 0 Å². The maximum atomic E-state index is 12.1. The lowest BCUT2D eigenvalue weighted by molar-refractivity contribution is -0.139. The van der Waals surface area contributed by atoms with E-state index in [1.807, 2.05) is 5.32 Å². The zero-order valence-corrected chi connectivity index (χ0v) is 13.8. The summed E-state index contributed by atoms with van der Waals surface area (Å²) in [6.07, 6.45) is -2.58. The van der Waals surface area contributed by atoms with Crippen molar-refractivity contribution in [1.82, 2.24) is 16.0 Å². The molecule has 0 aromatic rings. The number of carbonyl (C=O) groups excluding carboxylic acids is 3. The highest BCUT2D eigenvalue weighted by molar-refractivity contribution is 5.94. The summed E-state index contributed by atoms with van der Waals surface area (Å²) >= 11 is 0. The molecular formula is C13H24N4O8. The van der Waals surface area contributed by atoms with Crippen molar-refractivity contribution < 1.29 is 39.6 Å². The zero-order chi connectivity index (χ0) is 19.7. The van der Waals surface area contributed by atoms with E-state index in [2.05, 4.69) is 10.6 Å². The van der Waals surface area contributed by atoms with Gasteiger partial charge in [-0.2, -0.15) is 0 Å². The van der Waals surface area contributed by atoms with E-state index in [0.29, 0.717) is 0 Å². The molecule has 0 heterocycles. The third kappa shape index (κ3) is 7.89. The van der Waals surface area contributed by atoms with Gasteiger partial charge in [0.25, 0.3) is 0 Å². The molecule has 5 atom stereocenters. The number of aliphatic carboxylic acids is 1.